The van der Waals surface area contributed by atoms with E-state index in [1.54, 1.807) is 24.3 Å². The minimum absolute atomic E-state index is 0.109. The van der Waals surface area contributed by atoms with Crippen LogP contribution in [0.5, 0.6) is 0 Å². The largest absolute Gasteiger partial charge is 0.469 e. The van der Waals surface area contributed by atoms with Crippen molar-refractivity contribution in [1.82, 2.24) is 4.72 Å². The number of aliphatic hydroxyl groups is 1. The molecule has 0 heterocycles. The average molecular weight is 311 g/mol. The van der Waals surface area contributed by atoms with E-state index in [2.05, 4.69) is 21.3 Å². The number of nitrogens with one attached hydrogen (secondary N) is 1. The Morgan fingerprint density at radius 3 is 2.86 bits per heavy atom. The SMILES string of the molecule is COC(=O)CCS(=O)(=O)NCc1cccc(C#CCO)c1. The summed E-state index contributed by atoms with van der Waals surface area (Å²) >= 11 is 0. The van der Waals surface area contributed by atoms with Gasteiger partial charge >= 0.3 is 5.97 Å². The molecule has 1 aromatic carbocycles. The predicted molar refractivity (Wildman–Crippen MR) is 77.7 cm³/mol. The monoisotopic (exact) mass is 311 g/mol. The van der Waals surface area contributed by atoms with Gasteiger partial charge in [0.1, 0.15) is 6.61 Å². The molecule has 0 saturated heterocycles. The fourth-order valence-corrected chi connectivity index (χ4v) is 2.45. The summed E-state index contributed by atoms with van der Waals surface area (Å²) in [7, 11) is -2.33. The summed E-state index contributed by atoms with van der Waals surface area (Å²) in [5, 5.41) is 8.63. The normalized spacial score (nSPS) is 10.6. The Hall–Kier alpha value is -1.88. The number of aliphatic hydroxyl groups excluding tert-OH is 1. The quantitative estimate of drug-likeness (QED) is 0.570. The number of esters is 1. The molecule has 0 aliphatic rings. The molecule has 2 N–H and O–H groups in total. The molecule has 0 fully saturated rings. The van der Waals surface area contributed by atoms with Crippen LogP contribution in [0, 0.1) is 11.8 Å². The van der Waals surface area contributed by atoms with Gasteiger partial charge in [-0.25, -0.2) is 13.1 Å². The van der Waals surface area contributed by atoms with Crippen LogP contribution < -0.4 is 4.72 Å². The van der Waals surface area contributed by atoms with Crippen molar-refractivity contribution in [1.29, 1.82) is 0 Å². The highest BCUT2D eigenvalue weighted by Crippen LogP contribution is 2.05. The zero-order valence-corrected chi connectivity index (χ0v) is 12.4. The Morgan fingerprint density at radius 2 is 2.19 bits per heavy atom. The number of sulfonamides is 1. The molecule has 0 amide bonds. The van der Waals surface area contributed by atoms with Crippen molar-refractivity contribution >= 4 is 16.0 Å². The zero-order chi connectivity index (χ0) is 15.7. The first kappa shape index (κ1) is 17.2. The Balaban J connectivity index is 2.60. The lowest BCUT2D eigenvalue weighted by atomic mass is 10.1. The zero-order valence-electron chi connectivity index (χ0n) is 11.6. The first-order valence-electron chi connectivity index (χ1n) is 6.19. The van der Waals surface area contributed by atoms with E-state index in [-0.39, 0.29) is 25.3 Å². The highest BCUT2D eigenvalue weighted by atomic mass is 32.2. The Bertz CT molecular complexity index is 643. The van der Waals surface area contributed by atoms with Crippen molar-refractivity contribution in [3.8, 4) is 11.8 Å². The second kappa shape index (κ2) is 8.42. The topological polar surface area (TPSA) is 92.7 Å². The van der Waals surface area contributed by atoms with E-state index in [9.17, 15) is 13.2 Å². The van der Waals surface area contributed by atoms with Gasteiger partial charge in [-0.2, -0.15) is 0 Å². The lowest BCUT2D eigenvalue weighted by molar-refractivity contribution is -0.140. The molecule has 0 unspecified atom stereocenters. The van der Waals surface area contributed by atoms with Crippen molar-refractivity contribution < 1.29 is 23.1 Å². The predicted octanol–water partition coefficient (Wildman–Crippen LogP) is 0.0129. The van der Waals surface area contributed by atoms with Crippen molar-refractivity contribution in [3.63, 3.8) is 0 Å². The first-order valence-corrected chi connectivity index (χ1v) is 7.85. The number of rotatable bonds is 6. The molecule has 0 atom stereocenters. The van der Waals surface area contributed by atoms with Gasteiger partial charge in [0.25, 0.3) is 0 Å². The van der Waals surface area contributed by atoms with Gasteiger partial charge < -0.3 is 9.84 Å². The van der Waals surface area contributed by atoms with Gasteiger partial charge in [-0.15, -0.1) is 0 Å². The first-order chi connectivity index (χ1) is 9.96. The van der Waals surface area contributed by atoms with Gasteiger partial charge in [0, 0.05) is 12.1 Å². The Labute approximate surface area is 124 Å². The molecular weight excluding hydrogens is 294 g/mol. The third-order valence-corrected chi connectivity index (χ3v) is 3.86. The second-order valence-corrected chi connectivity index (χ2v) is 6.05. The Morgan fingerprint density at radius 1 is 1.43 bits per heavy atom. The van der Waals surface area contributed by atoms with Crippen LogP contribution in [0.1, 0.15) is 17.5 Å². The summed E-state index contributed by atoms with van der Waals surface area (Å²) in [5.74, 6) is 4.38. The molecule has 0 saturated carbocycles. The van der Waals surface area contributed by atoms with Crippen molar-refractivity contribution in [2.24, 2.45) is 0 Å². The summed E-state index contributed by atoms with van der Waals surface area (Å²) in [6.07, 6.45) is -0.187. The van der Waals surface area contributed by atoms with Crippen LogP contribution in [0.4, 0.5) is 0 Å². The van der Waals surface area contributed by atoms with Crippen LogP contribution in [-0.2, 0) is 26.1 Å². The van der Waals surface area contributed by atoms with Gasteiger partial charge in [-0.05, 0) is 17.7 Å². The maximum Gasteiger partial charge on any atom is 0.306 e. The number of methoxy groups -OCH3 is 1. The maximum absolute atomic E-state index is 11.7. The van der Waals surface area contributed by atoms with Gasteiger partial charge in [-0.1, -0.05) is 24.0 Å². The minimum atomic E-state index is -3.54. The molecular formula is C14H17NO5S. The summed E-state index contributed by atoms with van der Waals surface area (Å²) < 4.78 is 30.2. The van der Waals surface area contributed by atoms with Crippen LogP contribution in [-0.4, -0.2) is 39.0 Å². The molecule has 0 aliphatic heterocycles. The summed E-state index contributed by atoms with van der Waals surface area (Å²) in [6, 6.07) is 7.00. The average Bonchev–Trinajstić information content (AvgIpc) is 2.49. The molecule has 0 bridgehead atoms. The molecule has 0 radical (unpaired) electrons. The summed E-state index contributed by atoms with van der Waals surface area (Å²) in [6.45, 7) is -0.122. The minimum Gasteiger partial charge on any atom is -0.469 e. The van der Waals surface area contributed by atoms with E-state index in [0.29, 0.717) is 5.56 Å². The highest BCUT2D eigenvalue weighted by Gasteiger charge is 2.13. The lowest BCUT2D eigenvalue weighted by Crippen LogP contribution is -2.27. The van der Waals surface area contributed by atoms with Crippen LogP contribution in [0.2, 0.25) is 0 Å². The molecule has 114 valence electrons. The third-order valence-electron chi connectivity index (χ3n) is 2.54. The van der Waals surface area contributed by atoms with Crippen molar-refractivity contribution in [2.75, 3.05) is 19.5 Å². The van der Waals surface area contributed by atoms with E-state index in [4.69, 9.17) is 5.11 Å². The third kappa shape index (κ3) is 6.90. The fourth-order valence-electron chi connectivity index (χ4n) is 1.49. The maximum atomic E-state index is 11.7. The number of hydrogen-bond donors (Lipinski definition) is 2. The van der Waals surface area contributed by atoms with Crippen LogP contribution in [0.3, 0.4) is 0 Å². The molecule has 0 spiro atoms. The van der Waals surface area contributed by atoms with E-state index in [1.807, 2.05) is 0 Å². The number of carbonyl (C=O) groups excluding carboxylic acids is 1. The van der Waals surface area contributed by atoms with Gasteiger partial charge in [0.2, 0.25) is 10.0 Å². The number of carbonyl (C=O) groups is 1. The molecule has 21 heavy (non-hydrogen) atoms. The van der Waals surface area contributed by atoms with Crippen LogP contribution >= 0.6 is 0 Å². The lowest BCUT2D eigenvalue weighted by Gasteiger charge is -2.06. The molecule has 1 rings (SSSR count). The number of benzene rings is 1. The van der Waals surface area contributed by atoms with E-state index in [0.717, 1.165) is 5.56 Å². The van der Waals surface area contributed by atoms with Crippen molar-refractivity contribution in [2.45, 2.75) is 13.0 Å². The molecule has 7 heteroatoms. The Kier molecular flexibility index (Phi) is 6.88. The molecule has 6 nitrogen and oxygen atoms in total. The summed E-state index contributed by atoms with van der Waals surface area (Å²) in [5.41, 5.74) is 1.43. The van der Waals surface area contributed by atoms with Gasteiger partial charge in [0.05, 0.1) is 19.3 Å². The molecule has 0 aromatic heterocycles. The van der Waals surface area contributed by atoms with Crippen LogP contribution in [0.25, 0.3) is 0 Å². The molecule has 1 aromatic rings. The van der Waals surface area contributed by atoms with E-state index < -0.39 is 16.0 Å². The van der Waals surface area contributed by atoms with Gasteiger partial charge in [-0.3, -0.25) is 4.79 Å². The van der Waals surface area contributed by atoms with Gasteiger partial charge in [0.15, 0.2) is 0 Å². The molecule has 0 aliphatic carbocycles. The summed E-state index contributed by atoms with van der Waals surface area (Å²) in [4.78, 5) is 10.9. The standard InChI is InChI=1S/C14H17NO5S/c1-20-14(17)7-9-21(18,19)15-11-13-5-2-4-12(10-13)6-3-8-16/h2,4-5,10,15-16H,7-9,11H2,1H3. The number of hydrogen-bond acceptors (Lipinski definition) is 5. The van der Waals surface area contributed by atoms with Crippen molar-refractivity contribution in [3.05, 3.63) is 35.4 Å². The fraction of sp³-hybridized carbons (Fsp3) is 0.357. The smallest absolute Gasteiger partial charge is 0.306 e. The van der Waals surface area contributed by atoms with Crippen LogP contribution in [0.15, 0.2) is 24.3 Å². The highest BCUT2D eigenvalue weighted by molar-refractivity contribution is 7.89. The number of ether oxygens (including phenoxy) is 1. The second-order valence-electron chi connectivity index (χ2n) is 4.13. The van der Waals surface area contributed by atoms with E-state index >= 15 is 0 Å². The van der Waals surface area contributed by atoms with E-state index in [1.165, 1.54) is 7.11 Å².